The minimum absolute atomic E-state index is 0.0676. The van der Waals surface area contributed by atoms with E-state index in [0.717, 1.165) is 23.4 Å². The minimum atomic E-state index is -0.481. The molecule has 0 unspecified atom stereocenters. The highest BCUT2D eigenvalue weighted by Crippen LogP contribution is 2.39. The van der Waals surface area contributed by atoms with Crippen molar-refractivity contribution in [3.63, 3.8) is 0 Å². The molecule has 2 atom stereocenters. The lowest BCUT2D eigenvalue weighted by molar-refractivity contribution is -0.155. The molecule has 1 saturated heterocycles. The standard InChI is InChI=1S/C22H20Cl2N2O3/c23-15-11-9-14(10-12-15)13-25(20(27)18-7-3-4-8-19(18)24)26-21(28)16-5-1-2-6-17(16)22(26)29/h3-4,7-12,16-17H,1-2,5-6,13H2/t16-,17-/m0/s1. The number of hydrazine groups is 1. The van der Waals surface area contributed by atoms with Gasteiger partial charge in [0.2, 0.25) is 0 Å². The Bertz CT molecular complexity index is 937. The van der Waals surface area contributed by atoms with Gasteiger partial charge in [-0.1, -0.05) is 60.3 Å². The predicted octanol–water partition coefficient (Wildman–Crippen LogP) is 4.73. The Morgan fingerprint density at radius 1 is 0.931 bits per heavy atom. The Morgan fingerprint density at radius 2 is 1.52 bits per heavy atom. The van der Waals surface area contributed by atoms with Gasteiger partial charge in [-0.25, -0.2) is 5.01 Å². The number of rotatable bonds is 4. The van der Waals surface area contributed by atoms with Gasteiger partial charge in [0.25, 0.3) is 17.7 Å². The van der Waals surface area contributed by atoms with Crippen molar-refractivity contribution in [2.45, 2.75) is 32.2 Å². The average Bonchev–Trinajstić information content (AvgIpc) is 2.98. The molecule has 0 aromatic heterocycles. The van der Waals surface area contributed by atoms with E-state index in [9.17, 15) is 14.4 Å². The van der Waals surface area contributed by atoms with Gasteiger partial charge in [0.15, 0.2) is 0 Å². The smallest absolute Gasteiger partial charge is 0.272 e. The van der Waals surface area contributed by atoms with Gasteiger partial charge in [-0.2, -0.15) is 5.01 Å². The molecular weight excluding hydrogens is 411 g/mol. The van der Waals surface area contributed by atoms with Gasteiger partial charge in [0, 0.05) is 5.02 Å². The second kappa shape index (κ2) is 8.17. The van der Waals surface area contributed by atoms with Crippen LogP contribution in [0, 0.1) is 11.8 Å². The molecule has 2 aromatic carbocycles. The average molecular weight is 431 g/mol. The number of benzene rings is 2. The van der Waals surface area contributed by atoms with Crippen LogP contribution in [0.1, 0.15) is 41.6 Å². The summed E-state index contributed by atoms with van der Waals surface area (Å²) in [5.41, 5.74) is 1.00. The molecule has 1 aliphatic carbocycles. The van der Waals surface area contributed by atoms with Gasteiger partial charge >= 0.3 is 0 Å². The molecule has 2 aliphatic rings. The minimum Gasteiger partial charge on any atom is -0.272 e. The zero-order chi connectivity index (χ0) is 20.5. The van der Waals surface area contributed by atoms with Gasteiger partial charge in [-0.05, 0) is 42.7 Å². The van der Waals surface area contributed by atoms with E-state index in [1.165, 1.54) is 5.01 Å². The van der Waals surface area contributed by atoms with Crippen molar-refractivity contribution in [3.05, 3.63) is 69.7 Å². The Kier molecular flexibility index (Phi) is 5.61. The Labute approximate surface area is 179 Å². The van der Waals surface area contributed by atoms with E-state index < -0.39 is 5.91 Å². The van der Waals surface area contributed by atoms with Crippen LogP contribution in [0.4, 0.5) is 0 Å². The van der Waals surface area contributed by atoms with Crippen LogP contribution >= 0.6 is 23.2 Å². The number of hydrogen-bond acceptors (Lipinski definition) is 3. The van der Waals surface area contributed by atoms with Crippen molar-refractivity contribution < 1.29 is 14.4 Å². The number of imide groups is 1. The summed E-state index contributed by atoms with van der Waals surface area (Å²) in [4.78, 5) is 39.6. The van der Waals surface area contributed by atoms with Crippen molar-refractivity contribution in [2.24, 2.45) is 11.8 Å². The second-order valence-electron chi connectivity index (χ2n) is 7.45. The summed E-state index contributed by atoms with van der Waals surface area (Å²) in [5, 5.41) is 3.13. The van der Waals surface area contributed by atoms with E-state index in [-0.39, 0.29) is 40.8 Å². The van der Waals surface area contributed by atoms with Crippen molar-refractivity contribution in [1.82, 2.24) is 10.0 Å². The van der Waals surface area contributed by atoms with Crippen LogP contribution in [0.25, 0.3) is 0 Å². The molecule has 0 radical (unpaired) electrons. The van der Waals surface area contributed by atoms with Crippen molar-refractivity contribution in [2.75, 3.05) is 0 Å². The summed E-state index contributed by atoms with van der Waals surface area (Å²) in [6, 6.07) is 13.6. The van der Waals surface area contributed by atoms with Crippen LogP contribution in [0.3, 0.4) is 0 Å². The highest BCUT2D eigenvalue weighted by molar-refractivity contribution is 6.33. The molecule has 29 heavy (non-hydrogen) atoms. The first-order valence-electron chi connectivity index (χ1n) is 9.66. The molecule has 5 nitrogen and oxygen atoms in total. The Morgan fingerprint density at radius 3 is 2.10 bits per heavy atom. The summed E-state index contributed by atoms with van der Waals surface area (Å²) in [6.45, 7) is 0.0676. The highest BCUT2D eigenvalue weighted by atomic mass is 35.5. The third kappa shape index (κ3) is 3.77. The number of carbonyl (C=O) groups excluding carboxylic acids is 3. The summed E-state index contributed by atoms with van der Waals surface area (Å²) < 4.78 is 0. The largest absolute Gasteiger partial charge is 0.274 e. The normalized spacial score (nSPS) is 21.2. The SMILES string of the molecule is O=C(c1ccccc1Cl)N(Cc1ccc(Cl)cc1)N1C(=O)[C@H]2CCCC[C@@H]2C1=O. The molecule has 150 valence electrons. The molecule has 0 spiro atoms. The third-order valence-corrected chi connectivity index (χ3v) is 6.23. The Hall–Kier alpha value is -2.37. The zero-order valence-corrected chi connectivity index (χ0v) is 17.2. The maximum Gasteiger partial charge on any atom is 0.274 e. The summed E-state index contributed by atoms with van der Waals surface area (Å²) >= 11 is 12.2. The van der Waals surface area contributed by atoms with Crippen LogP contribution < -0.4 is 0 Å². The van der Waals surface area contributed by atoms with E-state index in [2.05, 4.69) is 0 Å². The molecule has 4 rings (SSSR count). The third-order valence-electron chi connectivity index (χ3n) is 5.64. The quantitative estimate of drug-likeness (QED) is 0.658. The molecule has 1 heterocycles. The molecule has 0 bridgehead atoms. The molecule has 1 aliphatic heterocycles. The van der Waals surface area contributed by atoms with Crippen molar-refractivity contribution >= 4 is 40.9 Å². The fraction of sp³-hybridized carbons (Fsp3) is 0.318. The van der Waals surface area contributed by atoms with Gasteiger partial charge in [0.1, 0.15) is 0 Å². The molecule has 1 saturated carbocycles. The van der Waals surface area contributed by atoms with Crippen LogP contribution in [0.15, 0.2) is 48.5 Å². The van der Waals surface area contributed by atoms with E-state index in [1.807, 2.05) is 0 Å². The first-order valence-corrected chi connectivity index (χ1v) is 10.4. The van der Waals surface area contributed by atoms with E-state index >= 15 is 0 Å². The molecule has 2 aromatic rings. The monoisotopic (exact) mass is 430 g/mol. The lowest BCUT2D eigenvalue weighted by Gasteiger charge is -2.31. The van der Waals surface area contributed by atoms with Gasteiger partial charge in [-0.3, -0.25) is 14.4 Å². The lowest BCUT2D eigenvalue weighted by Crippen LogP contribution is -2.49. The number of halogens is 2. The highest BCUT2D eigenvalue weighted by Gasteiger charge is 2.51. The van der Waals surface area contributed by atoms with E-state index in [4.69, 9.17) is 23.2 Å². The van der Waals surface area contributed by atoms with E-state index in [0.29, 0.717) is 17.9 Å². The topological polar surface area (TPSA) is 57.7 Å². The number of nitrogens with zero attached hydrogens (tertiary/aromatic N) is 2. The molecule has 0 N–H and O–H groups in total. The zero-order valence-electron chi connectivity index (χ0n) is 15.7. The molecular formula is C22H20Cl2N2O3. The van der Waals surface area contributed by atoms with Crippen LogP contribution in [0.2, 0.25) is 10.0 Å². The van der Waals surface area contributed by atoms with Gasteiger partial charge in [0.05, 0.1) is 29.0 Å². The lowest BCUT2D eigenvalue weighted by atomic mass is 9.81. The van der Waals surface area contributed by atoms with Crippen molar-refractivity contribution in [3.8, 4) is 0 Å². The Balaban J connectivity index is 1.72. The van der Waals surface area contributed by atoms with Gasteiger partial charge in [-0.15, -0.1) is 0 Å². The first kappa shape index (κ1) is 19.9. The summed E-state index contributed by atoms with van der Waals surface area (Å²) in [6.07, 6.45) is 3.20. The molecule has 3 amide bonds. The van der Waals surface area contributed by atoms with Gasteiger partial charge < -0.3 is 0 Å². The van der Waals surface area contributed by atoms with Crippen LogP contribution in [-0.2, 0) is 16.1 Å². The summed E-state index contributed by atoms with van der Waals surface area (Å²) in [7, 11) is 0. The molecule has 7 heteroatoms. The number of hydrogen-bond donors (Lipinski definition) is 0. The van der Waals surface area contributed by atoms with Crippen LogP contribution in [0.5, 0.6) is 0 Å². The van der Waals surface area contributed by atoms with Crippen LogP contribution in [-0.4, -0.2) is 27.7 Å². The second-order valence-corrected chi connectivity index (χ2v) is 8.30. The van der Waals surface area contributed by atoms with E-state index in [1.54, 1.807) is 48.5 Å². The maximum absolute atomic E-state index is 13.4. The first-order chi connectivity index (χ1) is 14.0. The fourth-order valence-electron chi connectivity index (χ4n) is 4.15. The molecule has 2 fully saturated rings. The predicted molar refractivity (Wildman–Crippen MR) is 110 cm³/mol. The fourth-order valence-corrected chi connectivity index (χ4v) is 4.50. The summed E-state index contributed by atoms with van der Waals surface area (Å²) in [5.74, 6) is -1.76. The number of carbonyl (C=O) groups is 3. The van der Waals surface area contributed by atoms with Crippen molar-refractivity contribution in [1.29, 1.82) is 0 Å². The maximum atomic E-state index is 13.4. The number of fused-ring (bicyclic) bond motifs is 1. The number of amides is 3.